The van der Waals surface area contributed by atoms with Crippen LogP contribution in [0, 0.1) is 0 Å². The molecule has 1 aromatic carbocycles. The van der Waals surface area contributed by atoms with Gasteiger partial charge < -0.3 is 10.5 Å². The summed E-state index contributed by atoms with van der Waals surface area (Å²) in [5.74, 6) is 0. The van der Waals surface area contributed by atoms with Crippen LogP contribution >= 0.6 is 0 Å². The van der Waals surface area contributed by atoms with E-state index in [9.17, 15) is 8.42 Å². The Morgan fingerprint density at radius 3 is 2.74 bits per heavy atom. The molecule has 0 aromatic heterocycles. The van der Waals surface area contributed by atoms with Crippen LogP contribution in [0.25, 0.3) is 6.08 Å². The van der Waals surface area contributed by atoms with Gasteiger partial charge in [0.25, 0.3) is 0 Å². The summed E-state index contributed by atoms with van der Waals surface area (Å²) in [4.78, 5) is 2.92. The first kappa shape index (κ1) is 12.7. The van der Waals surface area contributed by atoms with Gasteiger partial charge >= 0.3 is 0 Å². The number of sulfone groups is 1. The molecule has 2 heterocycles. The summed E-state index contributed by atoms with van der Waals surface area (Å²) in [6.45, 7) is 3.30. The third kappa shape index (κ3) is 2.27. The van der Waals surface area contributed by atoms with E-state index in [4.69, 9.17) is 10.5 Å². The molecule has 1 saturated heterocycles. The Hall–Kier alpha value is -1.37. The van der Waals surface area contributed by atoms with Gasteiger partial charge in [0, 0.05) is 25.3 Å². The van der Waals surface area contributed by atoms with Crippen molar-refractivity contribution in [1.29, 1.82) is 0 Å². The van der Waals surface area contributed by atoms with Crippen molar-refractivity contribution in [2.24, 2.45) is 0 Å². The summed E-state index contributed by atoms with van der Waals surface area (Å²) in [6.07, 6.45) is 1.73. The monoisotopic (exact) mass is 280 g/mol. The Bertz CT molecular complexity index is 631. The van der Waals surface area contributed by atoms with Gasteiger partial charge in [0.2, 0.25) is 9.84 Å². The number of nitrogen functional groups attached to an aromatic ring is 1. The van der Waals surface area contributed by atoms with E-state index < -0.39 is 9.84 Å². The van der Waals surface area contributed by atoms with E-state index >= 15 is 0 Å². The van der Waals surface area contributed by atoms with Gasteiger partial charge in [0.15, 0.2) is 0 Å². The topological polar surface area (TPSA) is 72.6 Å². The molecule has 1 fully saturated rings. The molecule has 3 rings (SSSR count). The number of rotatable bonds is 2. The molecule has 0 unspecified atom stereocenters. The van der Waals surface area contributed by atoms with Gasteiger partial charge in [-0.15, -0.1) is 0 Å². The molecule has 0 bridgehead atoms. The molecule has 2 aliphatic rings. The van der Waals surface area contributed by atoms with Crippen molar-refractivity contribution < 1.29 is 13.2 Å². The fourth-order valence-electron chi connectivity index (χ4n) is 2.43. The quantitative estimate of drug-likeness (QED) is 0.809. The minimum absolute atomic E-state index is 0.366. The summed E-state index contributed by atoms with van der Waals surface area (Å²) in [5.41, 5.74) is 6.98. The van der Waals surface area contributed by atoms with Gasteiger partial charge in [-0.05, 0) is 29.8 Å². The maximum atomic E-state index is 12.4. The van der Waals surface area contributed by atoms with Crippen molar-refractivity contribution in [3.63, 3.8) is 0 Å². The van der Waals surface area contributed by atoms with E-state index in [-0.39, 0.29) is 0 Å². The van der Waals surface area contributed by atoms with E-state index in [1.165, 1.54) is 0 Å². The summed E-state index contributed by atoms with van der Waals surface area (Å²) in [5, 5.41) is 0. The molecule has 0 saturated carbocycles. The number of benzene rings is 1. The lowest BCUT2D eigenvalue weighted by atomic mass is 10.2. The maximum Gasteiger partial charge on any atom is 0.204 e. The second-order valence-corrected chi connectivity index (χ2v) is 6.77. The SMILES string of the molecule is Nc1ccc2c(c1)C=C(CN1CCOCC1)S2(=O)=O. The Labute approximate surface area is 112 Å². The van der Waals surface area contributed by atoms with Gasteiger partial charge in [-0.2, -0.15) is 0 Å². The zero-order chi connectivity index (χ0) is 13.5. The third-order valence-corrected chi connectivity index (χ3v) is 5.36. The Morgan fingerprint density at radius 2 is 2.00 bits per heavy atom. The van der Waals surface area contributed by atoms with Crippen molar-refractivity contribution in [2.75, 3.05) is 38.6 Å². The minimum Gasteiger partial charge on any atom is -0.399 e. The fraction of sp³-hybridized carbons (Fsp3) is 0.385. The molecule has 6 heteroatoms. The number of hydrogen-bond donors (Lipinski definition) is 1. The zero-order valence-corrected chi connectivity index (χ0v) is 11.3. The summed E-state index contributed by atoms with van der Waals surface area (Å²) >= 11 is 0. The predicted molar refractivity (Wildman–Crippen MR) is 73.3 cm³/mol. The van der Waals surface area contributed by atoms with E-state index in [1.807, 2.05) is 0 Å². The largest absolute Gasteiger partial charge is 0.399 e. The maximum absolute atomic E-state index is 12.4. The number of ether oxygens (including phenoxy) is 1. The van der Waals surface area contributed by atoms with E-state index in [0.29, 0.717) is 40.8 Å². The average molecular weight is 280 g/mol. The van der Waals surface area contributed by atoms with Crippen molar-refractivity contribution in [1.82, 2.24) is 4.90 Å². The summed E-state index contributed by atoms with van der Waals surface area (Å²) in [6, 6.07) is 4.92. The Morgan fingerprint density at radius 1 is 1.26 bits per heavy atom. The lowest BCUT2D eigenvalue weighted by Gasteiger charge is -2.26. The lowest BCUT2D eigenvalue weighted by Crippen LogP contribution is -2.38. The summed E-state index contributed by atoms with van der Waals surface area (Å²) < 4.78 is 30.1. The highest BCUT2D eigenvalue weighted by Crippen LogP contribution is 2.34. The van der Waals surface area contributed by atoms with Crippen LogP contribution in [-0.2, 0) is 14.6 Å². The zero-order valence-electron chi connectivity index (χ0n) is 10.5. The molecule has 102 valence electrons. The number of hydrogen-bond acceptors (Lipinski definition) is 5. The highest BCUT2D eigenvalue weighted by atomic mass is 32.2. The van der Waals surface area contributed by atoms with Crippen LogP contribution in [0.1, 0.15) is 5.56 Å². The second kappa shape index (κ2) is 4.63. The lowest BCUT2D eigenvalue weighted by molar-refractivity contribution is 0.0430. The molecule has 19 heavy (non-hydrogen) atoms. The van der Waals surface area contributed by atoms with E-state index in [1.54, 1.807) is 24.3 Å². The first-order chi connectivity index (χ1) is 9.07. The molecular weight excluding hydrogens is 264 g/mol. The van der Waals surface area contributed by atoms with Crippen LogP contribution < -0.4 is 5.73 Å². The molecule has 5 nitrogen and oxygen atoms in total. The molecule has 2 aliphatic heterocycles. The fourth-order valence-corrected chi connectivity index (χ4v) is 4.02. The number of nitrogens with zero attached hydrogens (tertiary/aromatic N) is 1. The second-order valence-electron chi connectivity index (χ2n) is 4.80. The first-order valence-electron chi connectivity index (χ1n) is 6.23. The highest BCUT2D eigenvalue weighted by Gasteiger charge is 2.30. The Kier molecular flexibility index (Phi) is 3.08. The van der Waals surface area contributed by atoms with Crippen molar-refractivity contribution in [3.05, 3.63) is 28.7 Å². The predicted octanol–water partition coefficient (Wildman–Crippen LogP) is 0.729. The van der Waals surface area contributed by atoms with Crippen molar-refractivity contribution in [3.8, 4) is 0 Å². The van der Waals surface area contributed by atoms with Gasteiger partial charge in [0.1, 0.15) is 0 Å². The number of anilines is 1. The van der Waals surface area contributed by atoms with E-state index in [2.05, 4.69) is 4.90 Å². The van der Waals surface area contributed by atoms with Gasteiger partial charge in [-0.25, -0.2) is 8.42 Å². The average Bonchev–Trinajstić information content (AvgIpc) is 2.62. The molecule has 2 N–H and O–H groups in total. The first-order valence-corrected chi connectivity index (χ1v) is 7.71. The van der Waals surface area contributed by atoms with Crippen LogP contribution in [0.15, 0.2) is 28.0 Å². The van der Waals surface area contributed by atoms with Crippen LogP contribution in [-0.4, -0.2) is 46.2 Å². The normalized spacial score (nSPS) is 22.0. The molecule has 0 atom stereocenters. The van der Waals surface area contributed by atoms with Crippen LogP contribution in [0.4, 0.5) is 5.69 Å². The van der Waals surface area contributed by atoms with E-state index in [0.717, 1.165) is 13.1 Å². The smallest absolute Gasteiger partial charge is 0.204 e. The molecule has 0 amide bonds. The molecule has 1 aromatic rings. The molecule has 0 radical (unpaired) electrons. The molecule has 0 spiro atoms. The standard InChI is InChI=1S/C13H16N2O3S/c14-11-1-2-13-10(7-11)8-12(19(13,16)17)9-15-3-5-18-6-4-15/h1-2,7-8H,3-6,9,14H2. The third-order valence-electron chi connectivity index (χ3n) is 3.47. The number of nitrogens with two attached hydrogens (primary N) is 1. The van der Waals surface area contributed by atoms with Crippen molar-refractivity contribution >= 4 is 21.6 Å². The number of morpholine rings is 1. The molecular formula is C13H16N2O3S. The van der Waals surface area contributed by atoms with Crippen LogP contribution in [0.2, 0.25) is 0 Å². The van der Waals surface area contributed by atoms with Crippen molar-refractivity contribution in [2.45, 2.75) is 4.90 Å². The summed E-state index contributed by atoms with van der Waals surface area (Å²) in [7, 11) is -3.34. The molecule has 0 aliphatic carbocycles. The Balaban J connectivity index is 1.89. The van der Waals surface area contributed by atoms with Crippen LogP contribution in [0.5, 0.6) is 0 Å². The van der Waals surface area contributed by atoms with Gasteiger partial charge in [-0.1, -0.05) is 0 Å². The van der Waals surface area contributed by atoms with Crippen LogP contribution in [0.3, 0.4) is 0 Å². The van der Waals surface area contributed by atoms with Gasteiger partial charge in [0.05, 0.1) is 23.0 Å². The number of fused-ring (bicyclic) bond motifs is 1. The van der Waals surface area contributed by atoms with Gasteiger partial charge in [-0.3, -0.25) is 4.90 Å². The minimum atomic E-state index is -3.34. The highest BCUT2D eigenvalue weighted by molar-refractivity contribution is 7.95.